The number of anilines is 1. The van der Waals surface area contributed by atoms with Crippen molar-refractivity contribution in [1.82, 2.24) is 0 Å². The lowest BCUT2D eigenvalue weighted by Crippen LogP contribution is -2.13. The van der Waals surface area contributed by atoms with E-state index in [1.165, 1.54) is 13.2 Å². The van der Waals surface area contributed by atoms with E-state index in [1.54, 1.807) is 36.4 Å². The molecule has 27 heavy (non-hydrogen) atoms. The molecule has 0 aliphatic carbocycles. The summed E-state index contributed by atoms with van der Waals surface area (Å²) in [4.78, 5) is 12.4. The summed E-state index contributed by atoms with van der Waals surface area (Å²) in [5, 5.41) is 12.5. The molecule has 0 bridgehead atoms. The van der Waals surface area contributed by atoms with Gasteiger partial charge in [0.15, 0.2) is 11.5 Å². The molecule has 0 aliphatic rings. The molecule has 0 saturated carbocycles. The van der Waals surface area contributed by atoms with Gasteiger partial charge in [0.2, 0.25) is 0 Å². The van der Waals surface area contributed by atoms with Crippen molar-refractivity contribution < 1.29 is 14.3 Å². The first-order valence-corrected chi connectivity index (χ1v) is 9.34. The van der Waals surface area contributed by atoms with E-state index in [4.69, 9.17) is 21.1 Å². The fourth-order valence-electron chi connectivity index (χ4n) is 2.25. The van der Waals surface area contributed by atoms with Crippen molar-refractivity contribution >= 4 is 45.2 Å². The van der Waals surface area contributed by atoms with Gasteiger partial charge in [-0.05, 0) is 64.3 Å². The highest BCUT2D eigenvalue weighted by atomic mass is 79.9. The number of nitriles is 1. The molecule has 0 spiro atoms. The van der Waals surface area contributed by atoms with Gasteiger partial charge >= 0.3 is 0 Å². The third-order valence-electron chi connectivity index (χ3n) is 3.46. The zero-order valence-electron chi connectivity index (χ0n) is 14.9. The largest absolute Gasteiger partial charge is 0.493 e. The van der Waals surface area contributed by atoms with Gasteiger partial charge in [0.25, 0.3) is 5.91 Å². The first-order chi connectivity index (χ1) is 13.0. The van der Waals surface area contributed by atoms with Crippen LogP contribution in [0.5, 0.6) is 11.5 Å². The minimum absolute atomic E-state index is 0.0499. The predicted molar refractivity (Wildman–Crippen MR) is 110 cm³/mol. The number of hydrogen-bond donors (Lipinski definition) is 1. The lowest BCUT2D eigenvalue weighted by atomic mass is 10.1. The maximum Gasteiger partial charge on any atom is 0.266 e. The molecule has 140 valence electrons. The van der Waals surface area contributed by atoms with Gasteiger partial charge in [-0.15, -0.1) is 0 Å². The second-order valence-electron chi connectivity index (χ2n) is 5.52. The molecule has 2 aromatic carbocycles. The first-order valence-electron chi connectivity index (χ1n) is 8.17. The van der Waals surface area contributed by atoms with E-state index in [0.717, 1.165) is 6.42 Å². The predicted octanol–water partition coefficient (Wildman–Crippen LogP) is 5.45. The number of halogens is 2. The number of methoxy groups -OCH3 is 1. The van der Waals surface area contributed by atoms with Crippen LogP contribution in [-0.4, -0.2) is 19.6 Å². The summed E-state index contributed by atoms with van der Waals surface area (Å²) in [6, 6.07) is 12.1. The highest BCUT2D eigenvalue weighted by Crippen LogP contribution is 2.37. The quantitative estimate of drug-likeness (QED) is 0.451. The number of benzene rings is 2. The van der Waals surface area contributed by atoms with Gasteiger partial charge in [0.1, 0.15) is 11.6 Å². The Kier molecular flexibility index (Phi) is 7.71. The van der Waals surface area contributed by atoms with E-state index in [1.807, 2.05) is 13.0 Å². The Bertz CT molecular complexity index is 907. The van der Waals surface area contributed by atoms with E-state index < -0.39 is 5.91 Å². The average molecular weight is 450 g/mol. The molecule has 2 aromatic rings. The normalized spacial score (nSPS) is 10.9. The molecule has 5 nitrogen and oxygen atoms in total. The van der Waals surface area contributed by atoms with Crippen LogP contribution in [0.15, 0.2) is 46.4 Å². The van der Waals surface area contributed by atoms with E-state index in [2.05, 4.69) is 21.2 Å². The molecule has 1 N–H and O–H groups in total. The van der Waals surface area contributed by atoms with Gasteiger partial charge in [-0.25, -0.2) is 0 Å². The van der Waals surface area contributed by atoms with Crippen molar-refractivity contribution in [1.29, 1.82) is 5.26 Å². The molecule has 0 unspecified atom stereocenters. The number of nitrogens with one attached hydrogen (secondary N) is 1. The summed E-state index contributed by atoms with van der Waals surface area (Å²) >= 11 is 9.36. The summed E-state index contributed by atoms with van der Waals surface area (Å²) in [6.45, 7) is 2.56. The number of rotatable bonds is 7. The number of ether oxygens (including phenoxy) is 2. The van der Waals surface area contributed by atoms with Crippen LogP contribution < -0.4 is 14.8 Å². The zero-order chi connectivity index (χ0) is 19.8. The molecular weight excluding hydrogens is 432 g/mol. The topological polar surface area (TPSA) is 71.3 Å². The minimum atomic E-state index is -0.527. The van der Waals surface area contributed by atoms with Crippen molar-refractivity contribution in [2.24, 2.45) is 0 Å². The Morgan fingerprint density at radius 3 is 2.78 bits per heavy atom. The molecular formula is C20H18BrClN2O3. The van der Waals surface area contributed by atoms with Gasteiger partial charge in [-0.2, -0.15) is 5.26 Å². The molecule has 0 radical (unpaired) electrons. The third kappa shape index (κ3) is 5.75. The van der Waals surface area contributed by atoms with Crippen LogP contribution in [0.4, 0.5) is 5.69 Å². The van der Waals surface area contributed by atoms with Crippen molar-refractivity contribution in [3.63, 3.8) is 0 Å². The van der Waals surface area contributed by atoms with Gasteiger partial charge in [0, 0.05) is 10.7 Å². The van der Waals surface area contributed by atoms with Gasteiger partial charge in [-0.3, -0.25) is 4.79 Å². The van der Waals surface area contributed by atoms with Crippen LogP contribution in [0.25, 0.3) is 6.08 Å². The fourth-order valence-corrected chi connectivity index (χ4v) is 3.01. The highest BCUT2D eigenvalue weighted by molar-refractivity contribution is 9.10. The van der Waals surface area contributed by atoms with Crippen LogP contribution in [0.1, 0.15) is 18.9 Å². The van der Waals surface area contributed by atoms with E-state index >= 15 is 0 Å². The Labute approximate surface area is 171 Å². The summed E-state index contributed by atoms with van der Waals surface area (Å²) in [5.41, 5.74) is 1.09. The lowest BCUT2D eigenvalue weighted by molar-refractivity contribution is -0.112. The van der Waals surface area contributed by atoms with Gasteiger partial charge < -0.3 is 14.8 Å². The molecule has 0 fully saturated rings. The summed E-state index contributed by atoms with van der Waals surface area (Å²) in [5.74, 6) is 0.566. The molecule has 2 rings (SSSR count). The van der Waals surface area contributed by atoms with Gasteiger partial charge in [0.05, 0.1) is 18.2 Å². The van der Waals surface area contributed by atoms with E-state index in [0.29, 0.717) is 38.9 Å². The van der Waals surface area contributed by atoms with E-state index in [-0.39, 0.29) is 5.57 Å². The summed E-state index contributed by atoms with van der Waals surface area (Å²) in [6.07, 6.45) is 2.34. The minimum Gasteiger partial charge on any atom is -0.493 e. The van der Waals surface area contributed by atoms with Crippen LogP contribution in [0.3, 0.4) is 0 Å². The van der Waals surface area contributed by atoms with Gasteiger partial charge in [-0.1, -0.05) is 24.6 Å². The van der Waals surface area contributed by atoms with Crippen LogP contribution in [0.2, 0.25) is 5.02 Å². The number of hydrogen-bond acceptors (Lipinski definition) is 4. The molecule has 0 aromatic heterocycles. The Balaban J connectivity index is 2.30. The molecule has 0 saturated heterocycles. The second-order valence-corrected chi connectivity index (χ2v) is 6.81. The number of carbonyl (C=O) groups excluding carboxylic acids is 1. The molecule has 0 aliphatic heterocycles. The standard InChI is InChI=1S/C20H18BrClN2O3/c1-3-7-27-19-17(21)9-13(10-18(19)26-2)8-14(12-23)20(25)24-16-6-4-5-15(22)11-16/h4-6,8-11H,3,7H2,1-2H3,(H,24,25)/b14-8+. The fraction of sp³-hybridized carbons (Fsp3) is 0.200. The van der Waals surface area contributed by atoms with E-state index in [9.17, 15) is 10.1 Å². The van der Waals surface area contributed by atoms with Crippen molar-refractivity contribution in [3.05, 3.63) is 57.0 Å². The Morgan fingerprint density at radius 1 is 1.37 bits per heavy atom. The number of carbonyl (C=O) groups is 1. The first kappa shape index (κ1) is 20.8. The number of nitrogens with zero attached hydrogens (tertiary/aromatic N) is 1. The molecule has 7 heteroatoms. The second kappa shape index (κ2) is 10.0. The zero-order valence-corrected chi connectivity index (χ0v) is 17.2. The van der Waals surface area contributed by atoms with Crippen molar-refractivity contribution in [3.8, 4) is 17.6 Å². The van der Waals surface area contributed by atoms with Crippen molar-refractivity contribution in [2.45, 2.75) is 13.3 Å². The maximum atomic E-state index is 12.4. The van der Waals surface area contributed by atoms with Crippen molar-refractivity contribution in [2.75, 3.05) is 19.0 Å². The molecule has 0 atom stereocenters. The van der Waals surface area contributed by atoms with Crippen LogP contribution in [-0.2, 0) is 4.79 Å². The smallest absolute Gasteiger partial charge is 0.266 e. The summed E-state index contributed by atoms with van der Waals surface area (Å²) in [7, 11) is 1.53. The molecule has 0 heterocycles. The Hall–Kier alpha value is -2.49. The monoisotopic (exact) mass is 448 g/mol. The lowest BCUT2D eigenvalue weighted by Gasteiger charge is -2.13. The summed E-state index contributed by atoms with van der Waals surface area (Å²) < 4.78 is 11.7. The number of amides is 1. The van der Waals surface area contributed by atoms with Crippen LogP contribution in [0, 0.1) is 11.3 Å². The average Bonchev–Trinajstić information content (AvgIpc) is 2.64. The maximum absolute atomic E-state index is 12.4. The Morgan fingerprint density at radius 2 is 2.15 bits per heavy atom. The van der Waals surface area contributed by atoms with Crippen LogP contribution >= 0.6 is 27.5 Å². The molecule has 1 amide bonds. The third-order valence-corrected chi connectivity index (χ3v) is 4.28. The SMILES string of the molecule is CCCOc1c(Br)cc(/C=C(\C#N)C(=O)Nc2cccc(Cl)c2)cc1OC. The highest BCUT2D eigenvalue weighted by Gasteiger charge is 2.14.